The maximum Gasteiger partial charge on any atom is 0.251 e. The molecule has 0 bridgehead atoms. The van der Waals surface area contributed by atoms with Crippen LogP contribution in [0.4, 0.5) is 10.1 Å². The Morgan fingerprint density at radius 1 is 1.16 bits per heavy atom. The molecule has 2 heterocycles. The van der Waals surface area contributed by atoms with Gasteiger partial charge in [-0.05, 0) is 62.2 Å². The van der Waals surface area contributed by atoms with Gasteiger partial charge in [-0.15, -0.1) is 0 Å². The molecule has 32 heavy (non-hydrogen) atoms. The molecular formula is C25H28ClFN2O3. The molecule has 0 aliphatic carbocycles. The fourth-order valence-electron chi connectivity index (χ4n) is 4.28. The third-order valence-electron chi connectivity index (χ3n) is 6.03. The number of rotatable bonds is 7. The van der Waals surface area contributed by atoms with Crippen LogP contribution in [-0.2, 0) is 11.2 Å². The smallest absolute Gasteiger partial charge is 0.251 e. The van der Waals surface area contributed by atoms with Gasteiger partial charge in [0.15, 0.2) is 11.5 Å². The lowest BCUT2D eigenvalue weighted by atomic mass is 10.1. The number of halogens is 2. The predicted octanol–water partition coefficient (Wildman–Crippen LogP) is 4.95. The van der Waals surface area contributed by atoms with Gasteiger partial charge in [-0.1, -0.05) is 24.1 Å². The highest BCUT2D eigenvalue weighted by Gasteiger charge is 2.26. The summed E-state index contributed by atoms with van der Waals surface area (Å²) in [5.41, 5.74) is 2.03. The molecule has 1 amide bonds. The fourth-order valence-corrected chi connectivity index (χ4v) is 4.50. The van der Waals surface area contributed by atoms with Crippen molar-refractivity contribution in [2.24, 2.45) is 0 Å². The number of piperidine rings is 1. The van der Waals surface area contributed by atoms with E-state index < -0.39 is 5.82 Å². The highest BCUT2D eigenvalue weighted by atomic mass is 35.5. The molecule has 0 spiro atoms. The zero-order valence-corrected chi connectivity index (χ0v) is 19.0. The van der Waals surface area contributed by atoms with Crippen molar-refractivity contribution < 1.29 is 18.7 Å². The summed E-state index contributed by atoms with van der Waals surface area (Å²) in [7, 11) is 1.62. The van der Waals surface area contributed by atoms with Crippen LogP contribution in [0.5, 0.6) is 11.5 Å². The minimum Gasteiger partial charge on any atom is -0.493 e. The molecule has 2 aliphatic heterocycles. The van der Waals surface area contributed by atoms with E-state index in [2.05, 4.69) is 4.90 Å². The summed E-state index contributed by atoms with van der Waals surface area (Å²) in [6.45, 7) is 4.21. The molecule has 1 fully saturated rings. The number of amides is 1. The number of likely N-dealkylation sites (tertiary alicyclic amines) is 1. The zero-order valence-electron chi connectivity index (χ0n) is 18.3. The summed E-state index contributed by atoms with van der Waals surface area (Å²) in [5, 5.41) is 0.269. The highest BCUT2D eigenvalue weighted by molar-refractivity contribution is 6.32. The lowest BCUT2D eigenvalue weighted by Crippen LogP contribution is -2.33. The molecule has 5 nitrogen and oxygen atoms in total. The summed E-state index contributed by atoms with van der Waals surface area (Å²) in [6, 6.07) is 8.27. The predicted molar refractivity (Wildman–Crippen MR) is 125 cm³/mol. The number of anilines is 1. The Bertz CT molecular complexity index is 985. The molecule has 7 heteroatoms. The Labute approximate surface area is 193 Å². The Morgan fingerprint density at radius 2 is 1.97 bits per heavy atom. The van der Waals surface area contributed by atoms with Crippen LogP contribution in [0.3, 0.4) is 0 Å². The number of ether oxygens (including phenoxy) is 2. The van der Waals surface area contributed by atoms with Crippen LogP contribution in [0, 0.1) is 5.82 Å². The molecule has 0 radical (unpaired) electrons. The first kappa shape index (κ1) is 22.6. The summed E-state index contributed by atoms with van der Waals surface area (Å²) in [6.07, 6.45) is 7.30. The van der Waals surface area contributed by atoms with Gasteiger partial charge in [-0.2, -0.15) is 0 Å². The van der Waals surface area contributed by atoms with Gasteiger partial charge >= 0.3 is 0 Å². The third-order valence-corrected chi connectivity index (χ3v) is 6.36. The quantitative estimate of drug-likeness (QED) is 0.550. The SMILES string of the molecule is COc1cc2c(cc1OCCN1CCCCC1)N(C(=O)/C=C/c1c(F)cccc1Cl)CC2. The summed E-state index contributed by atoms with van der Waals surface area (Å²) in [5.74, 6) is 0.611. The average Bonchev–Trinajstić information content (AvgIpc) is 3.21. The van der Waals surface area contributed by atoms with Crippen molar-refractivity contribution >= 4 is 29.3 Å². The van der Waals surface area contributed by atoms with Gasteiger partial charge in [0.05, 0.1) is 17.8 Å². The maximum atomic E-state index is 14.0. The van der Waals surface area contributed by atoms with Gasteiger partial charge in [-0.3, -0.25) is 9.69 Å². The molecule has 4 rings (SSSR count). The molecule has 0 unspecified atom stereocenters. The van der Waals surface area contributed by atoms with E-state index in [4.69, 9.17) is 21.1 Å². The number of carbonyl (C=O) groups is 1. The van der Waals surface area contributed by atoms with E-state index in [9.17, 15) is 9.18 Å². The van der Waals surface area contributed by atoms with E-state index in [0.717, 1.165) is 37.3 Å². The Morgan fingerprint density at radius 3 is 2.72 bits per heavy atom. The molecule has 1 saturated heterocycles. The van der Waals surface area contributed by atoms with Crippen LogP contribution in [0.2, 0.25) is 5.02 Å². The van der Waals surface area contributed by atoms with Crippen molar-refractivity contribution in [2.45, 2.75) is 25.7 Å². The van der Waals surface area contributed by atoms with Crippen molar-refractivity contribution in [3.05, 3.63) is 58.4 Å². The molecule has 2 aromatic carbocycles. The molecule has 0 aromatic heterocycles. The van der Waals surface area contributed by atoms with Gasteiger partial charge in [-0.25, -0.2) is 4.39 Å². The molecule has 0 atom stereocenters. The Hall–Kier alpha value is -2.57. The normalized spacial score (nSPS) is 16.4. The van der Waals surface area contributed by atoms with Crippen LogP contribution < -0.4 is 14.4 Å². The number of hydrogen-bond acceptors (Lipinski definition) is 4. The van der Waals surface area contributed by atoms with Crippen LogP contribution in [0.25, 0.3) is 6.08 Å². The number of hydrogen-bond donors (Lipinski definition) is 0. The second-order valence-corrected chi connectivity index (χ2v) is 8.50. The summed E-state index contributed by atoms with van der Waals surface area (Å²) < 4.78 is 25.6. The van der Waals surface area contributed by atoms with Crippen LogP contribution in [0.15, 0.2) is 36.4 Å². The minimum absolute atomic E-state index is 0.207. The maximum absolute atomic E-state index is 14.0. The fraction of sp³-hybridized carbons (Fsp3) is 0.400. The largest absolute Gasteiger partial charge is 0.493 e. The van der Waals surface area contributed by atoms with Gasteiger partial charge < -0.3 is 14.4 Å². The molecule has 0 saturated carbocycles. The average molecular weight is 459 g/mol. The molecule has 2 aliphatic rings. The number of fused-ring (bicyclic) bond motifs is 1. The lowest BCUT2D eigenvalue weighted by molar-refractivity contribution is -0.114. The second-order valence-electron chi connectivity index (χ2n) is 8.09. The topological polar surface area (TPSA) is 42.0 Å². The van der Waals surface area contributed by atoms with Gasteiger partial charge in [0.2, 0.25) is 0 Å². The van der Waals surface area contributed by atoms with E-state index in [0.29, 0.717) is 24.7 Å². The highest BCUT2D eigenvalue weighted by Crippen LogP contribution is 2.39. The van der Waals surface area contributed by atoms with Gasteiger partial charge in [0.1, 0.15) is 12.4 Å². The first-order chi connectivity index (χ1) is 15.6. The Balaban J connectivity index is 1.47. The van der Waals surface area contributed by atoms with Crippen molar-refractivity contribution in [2.75, 3.05) is 44.8 Å². The van der Waals surface area contributed by atoms with E-state index in [1.165, 1.54) is 43.5 Å². The zero-order chi connectivity index (χ0) is 22.5. The number of nitrogens with zero attached hydrogens (tertiary/aromatic N) is 2. The van der Waals surface area contributed by atoms with Crippen molar-refractivity contribution in [1.82, 2.24) is 4.90 Å². The van der Waals surface area contributed by atoms with Crippen molar-refractivity contribution in [3.8, 4) is 11.5 Å². The number of carbonyl (C=O) groups excluding carboxylic acids is 1. The molecule has 170 valence electrons. The first-order valence-corrected chi connectivity index (χ1v) is 11.4. The molecular weight excluding hydrogens is 431 g/mol. The number of benzene rings is 2. The Kier molecular flexibility index (Phi) is 7.33. The first-order valence-electron chi connectivity index (χ1n) is 11.1. The van der Waals surface area contributed by atoms with Crippen molar-refractivity contribution in [3.63, 3.8) is 0 Å². The van der Waals surface area contributed by atoms with E-state index in [-0.39, 0.29) is 16.5 Å². The molecule has 0 N–H and O–H groups in total. The van der Waals surface area contributed by atoms with E-state index >= 15 is 0 Å². The second kappa shape index (κ2) is 10.4. The standard InChI is InChI=1S/C25H28ClFN2O3/c1-31-23-16-18-10-13-29(25(30)9-8-19-20(26)6-5-7-21(19)27)22(18)17-24(23)32-15-14-28-11-3-2-4-12-28/h5-9,16-17H,2-4,10-15H2,1H3/b9-8+. The van der Waals surface area contributed by atoms with Crippen molar-refractivity contribution in [1.29, 1.82) is 0 Å². The number of methoxy groups -OCH3 is 1. The summed E-state index contributed by atoms with van der Waals surface area (Å²) >= 11 is 6.06. The van der Waals surface area contributed by atoms with Gasteiger partial charge in [0.25, 0.3) is 5.91 Å². The summed E-state index contributed by atoms with van der Waals surface area (Å²) in [4.78, 5) is 17.0. The third kappa shape index (κ3) is 5.08. The molecule has 2 aromatic rings. The van der Waals surface area contributed by atoms with Crippen LogP contribution in [-0.4, -0.2) is 50.7 Å². The van der Waals surface area contributed by atoms with E-state index in [1.54, 1.807) is 18.1 Å². The van der Waals surface area contributed by atoms with E-state index in [1.807, 2.05) is 12.1 Å². The monoisotopic (exact) mass is 458 g/mol. The minimum atomic E-state index is -0.461. The van der Waals surface area contributed by atoms with Crippen LogP contribution >= 0.6 is 11.6 Å². The lowest BCUT2D eigenvalue weighted by Gasteiger charge is -2.26. The van der Waals surface area contributed by atoms with Crippen LogP contribution in [0.1, 0.15) is 30.4 Å². The van der Waals surface area contributed by atoms with Gasteiger partial charge in [0, 0.05) is 30.8 Å².